The molecule has 0 radical (unpaired) electrons. The average Bonchev–Trinajstić information content (AvgIpc) is 2.23. The number of ether oxygens (including phenoxy) is 2. The molecule has 0 saturated carbocycles. The third kappa shape index (κ3) is 4.87. The van der Waals surface area contributed by atoms with Crippen molar-refractivity contribution < 1.29 is 19.1 Å². The van der Waals surface area contributed by atoms with Crippen LogP contribution in [0.25, 0.3) is 0 Å². The summed E-state index contributed by atoms with van der Waals surface area (Å²) in [5.74, 6) is -1.45. The Balaban J connectivity index is 3.24. The van der Waals surface area contributed by atoms with Crippen molar-refractivity contribution in [1.82, 2.24) is 4.98 Å². The summed E-state index contributed by atoms with van der Waals surface area (Å²) in [4.78, 5) is 28.2. The van der Waals surface area contributed by atoms with Crippen molar-refractivity contribution in [1.29, 1.82) is 0 Å². The van der Waals surface area contributed by atoms with Crippen LogP contribution >= 0.6 is 11.6 Å². The molecule has 0 aliphatic heterocycles. The molecule has 6 nitrogen and oxygen atoms in total. The van der Waals surface area contributed by atoms with Crippen molar-refractivity contribution in [2.45, 2.75) is 52.7 Å². The van der Waals surface area contributed by atoms with Crippen molar-refractivity contribution in [2.24, 2.45) is 0 Å². The highest BCUT2D eigenvalue weighted by Gasteiger charge is 2.28. The number of carbonyl (C=O) groups is 2. The Bertz CT molecular complexity index is 601. The van der Waals surface area contributed by atoms with Gasteiger partial charge in [-0.15, -0.1) is 0 Å². The largest absolute Gasteiger partial charge is 0.456 e. The van der Waals surface area contributed by atoms with Gasteiger partial charge >= 0.3 is 11.9 Å². The van der Waals surface area contributed by atoms with E-state index in [1.165, 1.54) is 6.20 Å². The summed E-state index contributed by atoms with van der Waals surface area (Å²) in [7, 11) is 0. The molecule has 0 saturated heterocycles. The number of anilines is 1. The lowest BCUT2D eigenvalue weighted by Crippen LogP contribution is -2.27. The van der Waals surface area contributed by atoms with Gasteiger partial charge in [0, 0.05) is 6.20 Å². The Hall–Kier alpha value is -1.82. The van der Waals surface area contributed by atoms with Gasteiger partial charge in [0.15, 0.2) is 5.69 Å². The number of pyridine rings is 1. The van der Waals surface area contributed by atoms with Gasteiger partial charge in [0.1, 0.15) is 16.8 Å². The zero-order valence-corrected chi connectivity index (χ0v) is 14.4. The first-order valence-electron chi connectivity index (χ1n) is 6.72. The molecule has 0 fully saturated rings. The Kier molecular flexibility index (Phi) is 5.07. The number of esters is 2. The first-order valence-corrected chi connectivity index (χ1v) is 7.10. The fourth-order valence-corrected chi connectivity index (χ4v) is 1.76. The summed E-state index contributed by atoms with van der Waals surface area (Å²) in [6.45, 7) is 10.3. The minimum Gasteiger partial charge on any atom is -0.456 e. The average molecular weight is 329 g/mol. The van der Waals surface area contributed by atoms with Gasteiger partial charge in [-0.05, 0) is 41.5 Å². The van der Waals surface area contributed by atoms with Gasteiger partial charge in [0.05, 0.1) is 10.7 Å². The normalized spacial score (nSPS) is 12.0. The topological polar surface area (TPSA) is 91.5 Å². The van der Waals surface area contributed by atoms with E-state index in [0.29, 0.717) is 0 Å². The number of hydrogen-bond donors (Lipinski definition) is 1. The molecule has 0 amide bonds. The molecule has 7 heteroatoms. The van der Waals surface area contributed by atoms with Gasteiger partial charge < -0.3 is 15.2 Å². The molecule has 1 rings (SSSR count). The molecule has 1 aromatic heterocycles. The lowest BCUT2D eigenvalue weighted by atomic mass is 10.1. The number of rotatable bonds is 2. The SMILES string of the molecule is CC(C)(C)OC(=O)c1ncc(Cl)c(C(=O)OC(C)(C)C)c1N. The highest BCUT2D eigenvalue weighted by Crippen LogP contribution is 2.27. The van der Waals surface area contributed by atoms with E-state index in [2.05, 4.69) is 4.98 Å². The quantitative estimate of drug-likeness (QED) is 0.838. The third-order valence-corrected chi connectivity index (χ3v) is 2.55. The van der Waals surface area contributed by atoms with Gasteiger partial charge in [-0.1, -0.05) is 11.6 Å². The lowest BCUT2D eigenvalue weighted by Gasteiger charge is -2.22. The summed E-state index contributed by atoms with van der Waals surface area (Å²) >= 11 is 5.97. The lowest BCUT2D eigenvalue weighted by molar-refractivity contribution is 0.00635. The van der Waals surface area contributed by atoms with Crippen LogP contribution in [-0.2, 0) is 9.47 Å². The first-order chi connectivity index (χ1) is 9.82. The number of aromatic nitrogens is 1. The standard InChI is InChI=1S/C15H21ClN2O4/c1-14(2,3)21-12(19)9-8(16)7-18-11(10(9)17)13(20)22-15(4,5)6/h7H,17H2,1-6H3. The van der Waals surface area contributed by atoms with Crippen LogP contribution in [0.5, 0.6) is 0 Å². The molecule has 122 valence electrons. The molecule has 0 atom stereocenters. The molecule has 0 spiro atoms. The maximum Gasteiger partial charge on any atom is 0.359 e. The Labute approximate surface area is 134 Å². The number of nitrogen functional groups attached to an aromatic ring is 1. The molecule has 0 bridgehead atoms. The van der Waals surface area contributed by atoms with Crippen molar-refractivity contribution in [3.8, 4) is 0 Å². The zero-order valence-electron chi connectivity index (χ0n) is 13.6. The van der Waals surface area contributed by atoms with Crippen molar-refractivity contribution in [3.05, 3.63) is 22.5 Å². The molecule has 1 aromatic rings. The minimum atomic E-state index is -0.730. The number of hydrogen-bond acceptors (Lipinski definition) is 6. The number of nitrogens with two attached hydrogens (primary N) is 1. The highest BCUT2D eigenvalue weighted by molar-refractivity contribution is 6.34. The first kappa shape index (κ1) is 18.2. The van der Waals surface area contributed by atoms with E-state index in [-0.39, 0.29) is 22.0 Å². The van der Waals surface area contributed by atoms with Gasteiger partial charge in [0.2, 0.25) is 0 Å². The van der Waals surface area contributed by atoms with E-state index >= 15 is 0 Å². The van der Waals surface area contributed by atoms with Crippen LogP contribution in [0.2, 0.25) is 5.02 Å². The molecular weight excluding hydrogens is 308 g/mol. The molecule has 22 heavy (non-hydrogen) atoms. The number of carbonyl (C=O) groups excluding carboxylic acids is 2. The fraction of sp³-hybridized carbons (Fsp3) is 0.533. The summed E-state index contributed by atoms with van der Waals surface area (Å²) in [6, 6.07) is 0. The van der Waals surface area contributed by atoms with Crippen LogP contribution in [0.1, 0.15) is 62.4 Å². The van der Waals surface area contributed by atoms with Crippen LogP contribution in [0.15, 0.2) is 6.20 Å². The molecular formula is C15H21ClN2O4. The second-order valence-corrected chi connectivity index (χ2v) is 7.15. The van der Waals surface area contributed by atoms with Crippen LogP contribution in [0, 0.1) is 0 Å². The van der Waals surface area contributed by atoms with Crippen LogP contribution < -0.4 is 5.73 Å². The van der Waals surface area contributed by atoms with E-state index in [4.69, 9.17) is 26.8 Å². The summed E-state index contributed by atoms with van der Waals surface area (Å²) in [6.07, 6.45) is 1.18. The van der Waals surface area contributed by atoms with E-state index in [9.17, 15) is 9.59 Å². The number of nitrogens with zero attached hydrogens (tertiary/aromatic N) is 1. The van der Waals surface area contributed by atoms with Crippen molar-refractivity contribution >= 4 is 29.2 Å². The second kappa shape index (κ2) is 6.12. The van der Waals surface area contributed by atoms with E-state index in [0.717, 1.165) is 0 Å². The minimum absolute atomic E-state index is 0.0130. The summed E-state index contributed by atoms with van der Waals surface area (Å²) in [5.41, 5.74) is 4.03. The molecule has 1 heterocycles. The molecule has 0 unspecified atom stereocenters. The predicted molar refractivity (Wildman–Crippen MR) is 84.0 cm³/mol. The molecule has 0 aliphatic rings. The molecule has 2 N–H and O–H groups in total. The van der Waals surface area contributed by atoms with E-state index in [1.54, 1.807) is 41.5 Å². The van der Waals surface area contributed by atoms with E-state index < -0.39 is 23.1 Å². The Morgan fingerprint density at radius 1 is 1.05 bits per heavy atom. The van der Waals surface area contributed by atoms with Crippen molar-refractivity contribution in [2.75, 3.05) is 5.73 Å². The third-order valence-electron chi connectivity index (χ3n) is 2.27. The summed E-state index contributed by atoms with van der Waals surface area (Å²) in [5, 5.41) is 0.0130. The van der Waals surface area contributed by atoms with E-state index in [1.807, 2.05) is 0 Å². The van der Waals surface area contributed by atoms with Crippen LogP contribution in [0.3, 0.4) is 0 Å². The van der Waals surface area contributed by atoms with Gasteiger partial charge in [-0.3, -0.25) is 0 Å². The smallest absolute Gasteiger partial charge is 0.359 e. The fourth-order valence-electron chi connectivity index (χ4n) is 1.53. The maximum atomic E-state index is 12.2. The molecule has 0 aromatic carbocycles. The second-order valence-electron chi connectivity index (χ2n) is 6.75. The Morgan fingerprint density at radius 3 is 1.95 bits per heavy atom. The van der Waals surface area contributed by atoms with Crippen LogP contribution in [0.4, 0.5) is 5.69 Å². The van der Waals surface area contributed by atoms with Gasteiger partial charge in [-0.25, -0.2) is 14.6 Å². The maximum absolute atomic E-state index is 12.2. The van der Waals surface area contributed by atoms with Gasteiger partial charge in [-0.2, -0.15) is 0 Å². The summed E-state index contributed by atoms with van der Waals surface area (Å²) < 4.78 is 10.4. The predicted octanol–water partition coefficient (Wildman–Crippen LogP) is 3.23. The Morgan fingerprint density at radius 2 is 1.50 bits per heavy atom. The van der Waals surface area contributed by atoms with Gasteiger partial charge in [0.25, 0.3) is 0 Å². The zero-order chi connectivity index (χ0) is 17.3. The molecule has 0 aliphatic carbocycles. The number of halogens is 1. The highest BCUT2D eigenvalue weighted by atomic mass is 35.5. The van der Waals surface area contributed by atoms with Crippen molar-refractivity contribution in [3.63, 3.8) is 0 Å². The van der Waals surface area contributed by atoms with Crippen LogP contribution in [-0.4, -0.2) is 28.1 Å². The monoisotopic (exact) mass is 328 g/mol.